The van der Waals surface area contributed by atoms with Gasteiger partial charge in [-0.1, -0.05) is 13.0 Å². The number of nitrogens with zero attached hydrogens (tertiary/aromatic N) is 1. The normalized spacial score (nSPS) is 11.6. The maximum atomic E-state index is 10.5. The molecule has 10 heavy (non-hydrogen) atoms. The van der Waals surface area contributed by atoms with E-state index in [1.54, 1.807) is 14.0 Å². The summed E-state index contributed by atoms with van der Waals surface area (Å²) in [5.41, 5.74) is 0. The molecule has 0 aliphatic heterocycles. The zero-order valence-corrected chi connectivity index (χ0v) is 9.37. The largest absolute Gasteiger partial charge is 3.00 e. The van der Waals surface area contributed by atoms with E-state index in [4.69, 9.17) is 5.11 Å². The molecule has 0 aliphatic rings. The molecule has 0 saturated heterocycles. The summed E-state index contributed by atoms with van der Waals surface area (Å²) >= 11 is 0. The molecule has 1 amide bonds. The Bertz CT molecular complexity index is 108. The predicted octanol–water partition coefficient (Wildman–Crippen LogP) is 0.385. The quantitative estimate of drug-likeness (QED) is 0.682. The van der Waals surface area contributed by atoms with Gasteiger partial charge in [0.25, 0.3) is 0 Å². The van der Waals surface area contributed by atoms with Gasteiger partial charge in [0.05, 0.1) is 0 Å². The topological polar surface area (TPSA) is 40.5 Å². The fraction of sp³-hybridized carbons (Fsp3) is 0.667. The molecule has 1 atom stereocenters. The fourth-order valence-corrected chi connectivity index (χ4v) is 0.387. The van der Waals surface area contributed by atoms with Crippen molar-refractivity contribution in [3.63, 3.8) is 0 Å². The standard InChI is InChI=1S/C6H12NO2.Y/c1-5(4-8)7(3)6(2)9;/h4-5,8H,1-3H3;/q-1;+3. The third kappa shape index (κ3) is 4.37. The molecule has 0 aromatic rings. The molecule has 0 rings (SSSR count). The van der Waals surface area contributed by atoms with Crippen LogP contribution in [0.2, 0.25) is 0 Å². The summed E-state index contributed by atoms with van der Waals surface area (Å²) in [6.07, 6.45) is 0. The minimum atomic E-state index is -0.192. The van der Waals surface area contributed by atoms with Crippen LogP contribution in [0.3, 0.4) is 0 Å². The van der Waals surface area contributed by atoms with Crippen molar-refractivity contribution in [1.82, 2.24) is 4.90 Å². The van der Waals surface area contributed by atoms with Crippen molar-refractivity contribution in [3.8, 4) is 0 Å². The number of carbonyl (C=O) groups is 1. The van der Waals surface area contributed by atoms with Crippen LogP contribution in [0.4, 0.5) is 0 Å². The predicted molar refractivity (Wildman–Crippen MR) is 34.1 cm³/mol. The van der Waals surface area contributed by atoms with Gasteiger partial charge >= 0.3 is 32.7 Å². The van der Waals surface area contributed by atoms with E-state index >= 15 is 0 Å². The second-order valence-corrected chi connectivity index (χ2v) is 2.02. The van der Waals surface area contributed by atoms with Crippen molar-refractivity contribution in [3.05, 3.63) is 6.61 Å². The van der Waals surface area contributed by atoms with Crippen LogP contribution in [0.25, 0.3) is 0 Å². The first kappa shape index (κ1) is 13.1. The first-order valence-corrected chi connectivity index (χ1v) is 2.80. The molecule has 3 nitrogen and oxygen atoms in total. The number of aliphatic hydroxyl groups excluding tert-OH is 1. The summed E-state index contributed by atoms with van der Waals surface area (Å²) in [6.45, 7) is 4.18. The average molecular weight is 219 g/mol. The van der Waals surface area contributed by atoms with Crippen LogP contribution in [0.1, 0.15) is 13.8 Å². The molecule has 0 radical (unpaired) electrons. The minimum Gasteiger partial charge on any atom is -0.564 e. The monoisotopic (exact) mass is 219 g/mol. The molecule has 54 valence electrons. The first-order valence-electron chi connectivity index (χ1n) is 2.80. The molecule has 0 spiro atoms. The molecule has 1 N–H and O–H groups in total. The Morgan fingerprint density at radius 2 is 2.10 bits per heavy atom. The van der Waals surface area contributed by atoms with Crippen LogP contribution in [-0.2, 0) is 37.5 Å². The molecule has 0 heterocycles. The first-order chi connectivity index (χ1) is 4.09. The maximum Gasteiger partial charge on any atom is 3.00 e. The molecule has 0 bridgehead atoms. The van der Waals surface area contributed by atoms with Crippen molar-refractivity contribution in [1.29, 1.82) is 0 Å². The van der Waals surface area contributed by atoms with Crippen LogP contribution in [-0.4, -0.2) is 29.0 Å². The van der Waals surface area contributed by atoms with Gasteiger partial charge in [-0.25, -0.2) is 0 Å². The zero-order chi connectivity index (χ0) is 7.44. The van der Waals surface area contributed by atoms with E-state index in [0.717, 1.165) is 6.61 Å². The summed E-state index contributed by atoms with van der Waals surface area (Å²) in [4.78, 5) is 12.0. The van der Waals surface area contributed by atoms with Crippen molar-refractivity contribution in [2.24, 2.45) is 0 Å². The average Bonchev–Trinajstić information content (AvgIpc) is 1.84. The van der Waals surface area contributed by atoms with Crippen LogP contribution < -0.4 is 0 Å². The number of rotatable bonds is 2. The second-order valence-electron chi connectivity index (χ2n) is 2.02. The number of carbonyl (C=O) groups excluding carboxylic acids is 1. The second kappa shape index (κ2) is 6.26. The third-order valence-electron chi connectivity index (χ3n) is 1.32. The Morgan fingerprint density at radius 3 is 2.20 bits per heavy atom. The van der Waals surface area contributed by atoms with E-state index in [-0.39, 0.29) is 44.7 Å². The summed E-state index contributed by atoms with van der Waals surface area (Å²) in [6, 6.07) is -0.192. The van der Waals surface area contributed by atoms with Gasteiger partial charge in [-0.3, -0.25) is 4.79 Å². The van der Waals surface area contributed by atoms with E-state index < -0.39 is 0 Å². The minimum absolute atomic E-state index is 0. The van der Waals surface area contributed by atoms with E-state index in [1.807, 2.05) is 0 Å². The van der Waals surface area contributed by atoms with E-state index in [1.165, 1.54) is 11.8 Å². The Labute approximate surface area is 86.7 Å². The van der Waals surface area contributed by atoms with Gasteiger partial charge < -0.3 is 10.0 Å². The fourth-order valence-electron chi connectivity index (χ4n) is 0.387. The summed E-state index contributed by atoms with van der Waals surface area (Å²) in [5.74, 6) is -0.0483. The molecule has 0 saturated carbocycles. The Balaban J connectivity index is 0. The van der Waals surface area contributed by atoms with Gasteiger partial charge in [-0.15, -0.1) is 0 Å². The Hall–Kier alpha value is 0.534. The van der Waals surface area contributed by atoms with Gasteiger partial charge in [0.2, 0.25) is 5.91 Å². The van der Waals surface area contributed by atoms with E-state index in [2.05, 4.69) is 0 Å². The molecule has 0 aromatic carbocycles. The Kier molecular flexibility index (Phi) is 8.23. The zero-order valence-electron chi connectivity index (χ0n) is 6.53. The van der Waals surface area contributed by atoms with Crippen molar-refractivity contribution < 1.29 is 42.6 Å². The van der Waals surface area contributed by atoms with Crippen LogP contribution >= 0.6 is 0 Å². The van der Waals surface area contributed by atoms with Gasteiger partial charge in [-0.05, 0) is 0 Å². The number of aliphatic hydroxyl groups is 1. The molecule has 1 unspecified atom stereocenters. The smallest absolute Gasteiger partial charge is 0.564 e. The molecule has 0 aliphatic carbocycles. The number of likely N-dealkylation sites (N-methyl/N-ethyl adjacent to an activating group) is 1. The summed E-state index contributed by atoms with van der Waals surface area (Å²) in [7, 11) is 1.64. The molecule has 0 fully saturated rings. The molecule has 4 heteroatoms. The van der Waals surface area contributed by atoms with Gasteiger partial charge in [0.1, 0.15) is 0 Å². The van der Waals surface area contributed by atoms with E-state index in [0.29, 0.717) is 0 Å². The maximum absolute atomic E-state index is 10.5. The molecular formula is C6H12NO2Y+2. The van der Waals surface area contributed by atoms with Crippen LogP contribution in [0.5, 0.6) is 0 Å². The Morgan fingerprint density at radius 1 is 1.70 bits per heavy atom. The number of amides is 1. The van der Waals surface area contributed by atoms with Crippen LogP contribution in [0, 0.1) is 6.61 Å². The SMILES string of the molecule is CC(=O)N(C)C(C)[CH-]O.[Y+3]. The van der Waals surface area contributed by atoms with Crippen molar-refractivity contribution in [2.45, 2.75) is 19.9 Å². The van der Waals surface area contributed by atoms with Crippen molar-refractivity contribution in [2.75, 3.05) is 7.05 Å². The number of hydrogen-bond donors (Lipinski definition) is 1. The van der Waals surface area contributed by atoms with Gasteiger partial charge in [0.15, 0.2) is 0 Å². The molecular weight excluding hydrogens is 207 g/mol. The van der Waals surface area contributed by atoms with E-state index in [9.17, 15) is 4.79 Å². The van der Waals surface area contributed by atoms with Crippen molar-refractivity contribution >= 4 is 5.91 Å². The third-order valence-corrected chi connectivity index (χ3v) is 1.32. The number of hydrogen-bond acceptors (Lipinski definition) is 2. The van der Waals surface area contributed by atoms with Gasteiger partial charge in [0, 0.05) is 14.0 Å². The molecule has 0 aromatic heterocycles. The summed E-state index contributed by atoms with van der Waals surface area (Å²) < 4.78 is 0. The summed E-state index contributed by atoms with van der Waals surface area (Å²) in [5, 5.41) is 8.44. The van der Waals surface area contributed by atoms with Gasteiger partial charge in [-0.2, -0.15) is 6.61 Å². The van der Waals surface area contributed by atoms with Crippen LogP contribution in [0.15, 0.2) is 0 Å².